The van der Waals surface area contributed by atoms with E-state index in [1.807, 2.05) is 36.9 Å². The maximum atomic E-state index is 12.7. The van der Waals surface area contributed by atoms with Crippen molar-refractivity contribution in [1.82, 2.24) is 9.88 Å². The number of aryl methyl sites for hydroxylation is 2. The molecule has 0 radical (unpaired) electrons. The summed E-state index contributed by atoms with van der Waals surface area (Å²) in [4.78, 5) is 31.4. The van der Waals surface area contributed by atoms with E-state index in [1.54, 1.807) is 18.2 Å². The number of hydrogen-bond donors (Lipinski definition) is 1. The van der Waals surface area contributed by atoms with Gasteiger partial charge in [-0.3, -0.25) is 9.59 Å². The van der Waals surface area contributed by atoms with Crippen LogP contribution in [0, 0.1) is 13.8 Å². The molecule has 26 heavy (non-hydrogen) atoms. The van der Waals surface area contributed by atoms with E-state index < -0.39 is 0 Å². The van der Waals surface area contributed by atoms with Gasteiger partial charge >= 0.3 is 0 Å². The first-order valence-corrected chi connectivity index (χ1v) is 9.19. The number of rotatable bonds is 3. The quantitative estimate of drug-likeness (QED) is 0.910. The lowest BCUT2D eigenvalue weighted by atomic mass is 10.1. The van der Waals surface area contributed by atoms with E-state index in [-0.39, 0.29) is 17.5 Å². The molecule has 5 nitrogen and oxygen atoms in total. The predicted octanol–water partition coefficient (Wildman–Crippen LogP) is 3.97. The van der Waals surface area contributed by atoms with Gasteiger partial charge in [-0.1, -0.05) is 25.0 Å². The summed E-state index contributed by atoms with van der Waals surface area (Å²) in [7, 11) is 0. The second kappa shape index (κ2) is 8.13. The zero-order chi connectivity index (χ0) is 18.5. The third-order valence-corrected chi connectivity index (χ3v) is 4.86. The van der Waals surface area contributed by atoms with E-state index in [4.69, 9.17) is 0 Å². The molecule has 0 aliphatic carbocycles. The van der Waals surface area contributed by atoms with Crippen molar-refractivity contribution in [3.05, 3.63) is 58.9 Å². The molecule has 2 aromatic rings. The van der Waals surface area contributed by atoms with Crippen molar-refractivity contribution in [2.24, 2.45) is 0 Å². The number of pyridine rings is 1. The third-order valence-electron chi connectivity index (χ3n) is 4.86. The highest BCUT2D eigenvalue weighted by molar-refractivity contribution is 6.03. The molecule has 0 unspecified atom stereocenters. The Labute approximate surface area is 154 Å². The SMILES string of the molecule is Cc1ccc(NC(=O)c2cccc(C(=O)N3CCCCCC3)n2)cc1C. The molecule has 0 saturated carbocycles. The minimum atomic E-state index is -0.307. The van der Waals surface area contributed by atoms with Crippen LogP contribution in [0.15, 0.2) is 36.4 Å². The molecule has 1 aliphatic heterocycles. The topological polar surface area (TPSA) is 62.3 Å². The van der Waals surface area contributed by atoms with Crippen LogP contribution < -0.4 is 5.32 Å². The van der Waals surface area contributed by atoms with Crippen LogP contribution in [-0.2, 0) is 0 Å². The average Bonchev–Trinajstić information content (AvgIpc) is 2.93. The maximum Gasteiger partial charge on any atom is 0.274 e. The van der Waals surface area contributed by atoms with Crippen molar-refractivity contribution in [2.45, 2.75) is 39.5 Å². The van der Waals surface area contributed by atoms with E-state index in [9.17, 15) is 9.59 Å². The van der Waals surface area contributed by atoms with Gasteiger partial charge in [0.05, 0.1) is 0 Å². The molecule has 136 valence electrons. The van der Waals surface area contributed by atoms with Crippen LogP contribution in [0.2, 0.25) is 0 Å². The fraction of sp³-hybridized carbons (Fsp3) is 0.381. The molecule has 0 spiro atoms. The number of aromatic nitrogens is 1. The number of nitrogens with one attached hydrogen (secondary N) is 1. The van der Waals surface area contributed by atoms with E-state index in [0.29, 0.717) is 5.69 Å². The molecule has 1 aromatic heterocycles. The zero-order valence-corrected chi connectivity index (χ0v) is 15.4. The Morgan fingerprint density at radius 3 is 2.31 bits per heavy atom. The third kappa shape index (κ3) is 4.28. The Balaban J connectivity index is 1.74. The number of amides is 2. The minimum absolute atomic E-state index is 0.0901. The molecule has 3 rings (SSSR count). The summed E-state index contributed by atoms with van der Waals surface area (Å²) in [6.07, 6.45) is 4.38. The monoisotopic (exact) mass is 351 g/mol. The zero-order valence-electron chi connectivity index (χ0n) is 15.4. The number of hydrogen-bond acceptors (Lipinski definition) is 3. The molecular formula is C21H25N3O2. The molecule has 2 amide bonds. The van der Waals surface area contributed by atoms with E-state index in [0.717, 1.165) is 50.0 Å². The van der Waals surface area contributed by atoms with Crippen LogP contribution in [0.4, 0.5) is 5.69 Å². The highest BCUT2D eigenvalue weighted by atomic mass is 16.2. The van der Waals surface area contributed by atoms with Gasteiger partial charge in [0.1, 0.15) is 11.4 Å². The van der Waals surface area contributed by atoms with Gasteiger partial charge < -0.3 is 10.2 Å². The van der Waals surface area contributed by atoms with Gasteiger partial charge in [0.15, 0.2) is 0 Å². The molecule has 1 saturated heterocycles. The first-order chi connectivity index (χ1) is 12.5. The smallest absolute Gasteiger partial charge is 0.274 e. The molecule has 2 heterocycles. The molecule has 0 bridgehead atoms. The highest BCUT2D eigenvalue weighted by Crippen LogP contribution is 2.16. The van der Waals surface area contributed by atoms with Crippen LogP contribution >= 0.6 is 0 Å². The lowest BCUT2D eigenvalue weighted by molar-refractivity contribution is 0.0755. The lowest BCUT2D eigenvalue weighted by Crippen LogP contribution is -2.32. The minimum Gasteiger partial charge on any atom is -0.337 e. The summed E-state index contributed by atoms with van der Waals surface area (Å²) in [6, 6.07) is 10.8. The summed E-state index contributed by atoms with van der Waals surface area (Å²) in [5.41, 5.74) is 3.60. The number of nitrogens with zero attached hydrogens (tertiary/aromatic N) is 2. The Hall–Kier alpha value is -2.69. The predicted molar refractivity (Wildman–Crippen MR) is 102 cm³/mol. The molecule has 0 atom stereocenters. The first-order valence-electron chi connectivity index (χ1n) is 9.19. The largest absolute Gasteiger partial charge is 0.337 e. The number of benzene rings is 1. The van der Waals surface area contributed by atoms with Gasteiger partial charge in [-0.15, -0.1) is 0 Å². The highest BCUT2D eigenvalue weighted by Gasteiger charge is 2.19. The summed E-state index contributed by atoms with van der Waals surface area (Å²) in [5, 5.41) is 2.86. The van der Waals surface area contributed by atoms with Gasteiger partial charge in [0, 0.05) is 18.8 Å². The summed E-state index contributed by atoms with van der Waals surface area (Å²) < 4.78 is 0. The molecule has 1 N–H and O–H groups in total. The van der Waals surface area contributed by atoms with Crippen molar-refractivity contribution in [3.63, 3.8) is 0 Å². The Kier molecular flexibility index (Phi) is 5.66. The van der Waals surface area contributed by atoms with Crippen molar-refractivity contribution < 1.29 is 9.59 Å². The van der Waals surface area contributed by atoms with Gasteiger partial charge in [0.2, 0.25) is 0 Å². The number of carbonyl (C=O) groups excluding carboxylic acids is 2. The maximum absolute atomic E-state index is 12.7. The van der Waals surface area contributed by atoms with Gasteiger partial charge in [0.25, 0.3) is 11.8 Å². The van der Waals surface area contributed by atoms with Crippen molar-refractivity contribution in [1.29, 1.82) is 0 Å². The second-order valence-corrected chi connectivity index (χ2v) is 6.87. The van der Waals surface area contributed by atoms with Gasteiger partial charge in [-0.05, 0) is 62.1 Å². The Morgan fingerprint density at radius 2 is 1.62 bits per heavy atom. The molecule has 1 aromatic carbocycles. The normalized spacial score (nSPS) is 14.6. The Morgan fingerprint density at radius 1 is 0.923 bits per heavy atom. The molecule has 1 aliphatic rings. The standard InChI is InChI=1S/C21H25N3O2/c1-15-10-11-17(14-16(15)2)22-20(25)18-8-7-9-19(23-18)21(26)24-12-5-3-4-6-13-24/h7-11,14H,3-6,12-13H2,1-2H3,(H,22,25). The van der Waals surface area contributed by atoms with Crippen LogP contribution in [-0.4, -0.2) is 34.8 Å². The number of carbonyl (C=O) groups is 2. The summed E-state index contributed by atoms with van der Waals surface area (Å²) >= 11 is 0. The van der Waals surface area contributed by atoms with E-state index in [2.05, 4.69) is 10.3 Å². The fourth-order valence-electron chi connectivity index (χ4n) is 3.13. The molecular weight excluding hydrogens is 326 g/mol. The number of anilines is 1. The lowest BCUT2D eigenvalue weighted by Gasteiger charge is -2.19. The van der Waals surface area contributed by atoms with Gasteiger partial charge in [-0.2, -0.15) is 0 Å². The summed E-state index contributed by atoms with van der Waals surface area (Å²) in [6.45, 7) is 5.56. The van der Waals surface area contributed by atoms with Gasteiger partial charge in [-0.25, -0.2) is 4.98 Å². The first kappa shape index (κ1) is 18.1. The van der Waals surface area contributed by atoms with Crippen LogP contribution in [0.1, 0.15) is 57.8 Å². The van der Waals surface area contributed by atoms with E-state index >= 15 is 0 Å². The van der Waals surface area contributed by atoms with Crippen LogP contribution in [0.25, 0.3) is 0 Å². The van der Waals surface area contributed by atoms with E-state index in [1.165, 1.54) is 5.56 Å². The fourth-order valence-corrected chi connectivity index (χ4v) is 3.13. The van der Waals surface area contributed by atoms with Crippen molar-refractivity contribution in [2.75, 3.05) is 18.4 Å². The van der Waals surface area contributed by atoms with Crippen LogP contribution in [0.3, 0.4) is 0 Å². The van der Waals surface area contributed by atoms with Crippen molar-refractivity contribution in [3.8, 4) is 0 Å². The average molecular weight is 351 g/mol. The summed E-state index contributed by atoms with van der Waals surface area (Å²) in [5.74, 6) is -0.397. The molecule has 1 fully saturated rings. The molecule has 5 heteroatoms. The second-order valence-electron chi connectivity index (χ2n) is 6.87. The number of likely N-dealkylation sites (tertiary alicyclic amines) is 1. The Bertz CT molecular complexity index is 809. The van der Waals surface area contributed by atoms with Crippen LogP contribution in [0.5, 0.6) is 0 Å². The van der Waals surface area contributed by atoms with Crippen molar-refractivity contribution >= 4 is 17.5 Å².